The number of nitrogens with zero attached hydrogens (tertiary/aromatic N) is 2. The Bertz CT molecular complexity index is 1250. The summed E-state index contributed by atoms with van der Waals surface area (Å²) in [5.74, 6) is -4.66. The minimum atomic E-state index is -1.23. The van der Waals surface area contributed by atoms with Gasteiger partial charge in [0.25, 0.3) is 5.91 Å². The van der Waals surface area contributed by atoms with Crippen LogP contribution in [0.5, 0.6) is 5.75 Å². The number of hydrogen-bond donors (Lipinski definition) is 6. The molecule has 7 N–H and O–H groups in total. The molecule has 2 rings (SSSR count). The molecule has 1 radical (unpaired) electrons. The maximum atomic E-state index is 14.0. The second kappa shape index (κ2) is 16.6. The Morgan fingerprint density at radius 3 is 2.04 bits per heavy atom. The van der Waals surface area contributed by atoms with Gasteiger partial charge in [0.05, 0.1) is 6.61 Å². The molecule has 0 bridgehead atoms. The van der Waals surface area contributed by atoms with Gasteiger partial charge in [-0.15, -0.1) is 0 Å². The lowest BCUT2D eigenvalue weighted by Gasteiger charge is -2.34. The van der Waals surface area contributed by atoms with Crippen molar-refractivity contribution in [1.29, 1.82) is 0 Å². The monoisotopic (exact) mass is 631 g/mol. The van der Waals surface area contributed by atoms with E-state index in [0.29, 0.717) is 12.0 Å². The number of benzene rings is 1. The summed E-state index contributed by atoms with van der Waals surface area (Å²) in [7, 11) is 0. The van der Waals surface area contributed by atoms with Crippen molar-refractivity contribution in [2.45, 2.75) is 90.1 Å². The van der Waals surface area contributed by atoms with Crippen molar-refractivity contribution in [3.8, 4) is 5.75 Å². The second-order valence-corrected chi connectivity index (χ2v) is 11.4. The molecule has 0 spiro atoms. The largest absolute Gasteiger partial charge is 0.508 e. The Morgan fingerprint density at radius 2 is 1.53 bits per heavy atom. The van der Waals surface area contributed by atoms with Crippen LogP contribution in [0.2, 0.25) is 0 Å². The van der Waals surface area contributed by atoms with Gasteiger partial charge in [0.1, 0.15) is 42.0 Å². The fourth-order valence-electron chi connectivity index (χ4n) is 4.86. The first-order valence-corrected chi connectivity index (χ1v) is 14.7. The smallest absolute Gasteiger partial charge is 0.252 e. The van der Waals surface area contributed by atoms with Crippen LogP contribution < -0.4 is 21.7 Å². The summed E-state index contributed by atoms with van der Waals surface area (Å²) in [5, 5.41) is 26.1. The first kappa shape index (κ1) is 36.8. The standard InChI is InChI=1S/C30H43N6O9/c1-16(2)25(15-38)36(19(5)39)30(45)24-7-6-12-35(24)29(44)23(13-20-8-10-21(40)11-9-20)34-27(42)18(4)32-26(41)17(3)33-28(43)22(31)14-37/h8-11,16-18,22-25,37,40H,6-7,12-14,31H2,1-5H3,(H,32,41)(H,33,43)(H,34,42)/t17-,18-,22-,23-,24-,25+/m0/s1. The lowest BCUT2D eigenvalue weighted by molar-refractivity contribution is -0.152. The third kappa shape index (κ3) is 9.81. The van der Waals surface area contributed by atoms with E-state index in [1.807, 2.05) is 0 Å². The molecular formula is C30H43N6O9. The molecule has 1 aromatic carbocycles. The molecule has 1 heterocycles. The van der Waals surface area contributed by atoms with E-state index >= 15 is 0 Å². The van der Waals surface area contributed by atoms with Crippen LogP contribution in [0.15, 0.2) is 24.3 Å². The molecule has 247 valence electrons. The molecule has 0 saturated carbocycles. The topological polar surface area (TPSA) is 229 Å². The van der Waals surface area contributed by atoms with E-state index in [4.69, 9.17) is 10.8 Å². The van der Waals surface area contributed by atoms with E-state index in [1.54, 1.807) is 32.3 Å². The third-order valence-corrected chi connectivity index (χ3v) is 7.46. The number of aromatic hydroxyl groups is 1. The lowest BCUT2D eigenvalue weighted by Crippen LogP contribution is -2.59. The van der Waals surface area contributed by atoms with Gasteiger partial charge in [0, 0.05) is 19.9 Å². The molecule has 1 fully saturated rings. The zero-order valence-electron chi connectivity index (χ0n) is 26.1. The molecule has 15 nitrogen and oxygen atoms in total. The van der Waals surface area contributed by atoms with Crippen LogP contribution in [0.4, 0.5) is 0 Å². The zero-order valence-corrected chi connectivity index (χ0v) is 26.1. The van der Waals surface area contributed by atoms with Crippen LogP contribution in [-0.2, 0) is 40.0 Å². The average molecular weight is 632 g/mol. The number of imide groups is 1. The molecule has 0 aliphatic carbocycles. The number of nitrogens with two attached hydrogens (primary N) is 1. The number of hydrogen-bond acceptors (Lipinski definition) is 10. The van der Waals surface area contributed by atoms with Crippen LogP contribution in [0.25, 0.3) is 0 Å². The van der Waals surface area contributed by atoms with Crippen LogP contribution in [-0.4, -0.2) is 111 Å². The normalized spacial score (nSPS) is 17.8. The highest BCUT2D eigenvalue weighted by Gasteiger charge is 2.43. The summed E-state index contributed by atoms with van der Waals surface area (Å²) in [6.45, 7) is 6.75. The van der Waals surface area contributed by atoms with Crippen LogP contribution >= 0.6 is 0 Å². The summed E-state index contributed by atoms with van der Waals surface area (Å²) < 4.78 is 0. The van der Waals surface area contributed by atoms with Crippen molar-refractivity contribution < 1.29 is 43.8 Å². The van der Waals surface area contributed by atoms with Crippen LogP contribution in [0, 0.1) is 5.92 Å². The SMILES string of the molecule is CC(=O)N(C(=O)[C@@H]1CCCN1C(=O)[C@H](Cc1ccc(O)cc1)NC(=O)[C@H](C)NC(=O)[C@H](C)NC(=O)[C@@H](N)CO)[C@H]([C]=O)C(C)C. The van der Waals surface area contributed by atoms with Crippen molar-refractivity contribution in [2.24, 2.45) is 11.7 Å². The van der Waals surface area contributed by atoms with E-state index in [-0.39, 0.29) is 25.1 Å². The maximum Gasteiger partial charge on any atom is 0.252 e. The van der Waals surface area contributed by atoms with E-state index in [1.165, 1.54) is 30.9 Å². The first-order valence-electron chi connectivity index (χ1n) is 14.7. The number of nitrogens with one attached hydrogen (secondary N) is 3. The van der Waals surface area contributed by atoms with Crippen molar-refractivity contribution in [3.63, 3.8) is 0 Å². The third-order valence-electron chi connectivity index (χ3n) is 7.46. The van der Waals surface area contributed by atoms with Gasteiger partial charge in [-0.1, -0.05) is 26.0 Å². The van der Waals surface area contributed by atoms with Gasteiger partial charge >= 0.3 is 0 Å². The minimum absolute atomic E-state index is 0.00984. The molecule has 6 atom stereocenters. The van der Waals surface area contributed by atoms with Crippen LogP contribution in [0.3, 0.4) is 0 Å². The van der Waals surface area contributed by atoms with Gasteiger partial charge in [0.15, 0.2) is 0 Å². The van der Waals surface area contributed by atoms with Gasteiger partial charge in [0.2, 0.25) is 35.8 Å². The fourth-order valence-corrected chi connectivity index (χ4v) is 4.86. The quantitative estimate of drug-likeness (QED) is 0.136. The van der Waals surface area contributed by atoms with Gasteiger partial charge in [-0.05, 0) is 50.3 Å². The Balaban J connectivity index is 2.29. The number of aliphatic hydroxyl groups excluding tert-OH is 1. The summed E-state index contributed by atoms with van der Waals surface area (Å²) in [6, 6.07) is -0.987. The molecule has 15 heteroatoms. The van der Waals surface area contributed by atoms with E-state index in [0.717, 1.165) is 11.8 Å². The van der Waals surface area contributed by atoms with Gasteiger partial charge in [-0.3, -0.25) is 38.5 Å². The number of likely N-dealkylation sites (tertiary alicyclic amines) is 1. The molecule has 6 amide bonds. The average Bonchev–Trinajstić information content (AvgIpc) is 3.48. The van der Waals surface area contributed by atoms with E-state index in [9.17, 15) is 38.7 Å². The maximum absolute atomic E-state index is 14.0. The predicted octanol–water partition coefficient (Wildman–Crippen LogP) is -1.75. The molecule has 45 heavy (non-hydrogen) atoms. The molecule has 1 aliphatic heterocycles. The molecule has 1 aliphatic rings. The van der Waals surface area contributed by atoms with E-state index < -0.39 is 84.2 Å². The molecular weight excluding hydrogens is 588 g/mol. The number of aliphatic hydroxyl groups is 1. The van der Waals surface area contributed by atoms with Crippen molar-refractivity contribution in [2.75, 3.05) is 13.2 Å². The highest BCUT2D eigenvalue weighted by Crippen LogP contribution is 2.24. The van der Waals surface area contributed by atoms with Crippen molar-refractivity contribution in [3.05, 3.63) is 29.8 Å². The van der Waals surface area contributed by atoms with Gasteiger partial charge < -0.3 is 36.8 Å². The highest BCUT2D eigenvalue weighted by molar-refractivity contribution is 6.02. The molecule has 0 aromatic heterocycles. The Morgan fingerprint density at radius 1 is 0.978 bits per heavy atom. The summed E-state index contributed by atoms with van der Waals surface area (Å²) >= 11 is 0. The Hall–Kier alpha value is -4.37. The molecule has 1 saturated heterocycles. The highest BCUT2D eigenvalue weighted by atomic mass is 16.3. The lowest BCUT2D eigenvalue weighted by atomic mass is 10.0. The van der Waals surface area contributed by atoms with Crippen molar-refractivity contribution in [1.82, 2.24) is 25.8 Å². The summed E-state index contributed by atoms with van der Waals surface area (Å²) in [6.07, 6.45) is 2.37. The number of carbonyl (C=O) groups is 6. The number of carbonyl (C=O) groups excluding carboxylic acids is 7. The number of phenolic OH excluding ortho intramolecular Hbond substituents is 1. The summed E-state index contributed by atoms with van der Waals surface area (Å²) in [4.78, 5) is 91.6. The van der Waals surface area contributed by atoms with Crippen molar-refractivity contribution >= 4 is 41.7 Å². The number of phenols is 1. The number of amides is 6. The Labute approximate surface area is 261 Å². The van der Waals surface area contributed by atoms with Crippen LogP contribution in [0.1, 0.15) is 53.0 Å². The zero-order chi connectivity index (χ0) is 34.0. The molecule has 1 aromatic rings. The second-order valence-electron chi connectivity index (χ2n) is 11.4. The fraction of sp³-hybridized carbons (Fsp3) is 0.567. The Kier molecular flexibility index (Phi) is 13.6. The first-order chi connectivity index (χ1) is 21.1. The van der Waals surface area contributed by atoms with Gasteiger partial charge in [-0.25, -0.2) is 0 Å². The molecule has 0 unspecified atom stereocenters. The van der Waals surface area contributed by atoms with E-state index in [2.05, 4.69) is 16.0 Å². The summed E-state index contributed by atoms with van der Waals surface area (Å²) in [5.41, 5.74) is 6.02. The number of rotatable bonds is 14. The predicted molar refractivity (Wildman–Crippen MR) is 161 cm³/mol. The van der Waals surface area contributed by atoms with Gasteiger partial charge in [-0.2, -0.15) is 0 Å². The minimum Gasteiger partial charge on any atom is -0.508 e.